The number of H-pyrrole nitrogens is 1. The summed E-state index contributed by atoms with van der Waals surface area (Å²) >= 11 is 0. The molecule has 1 aliphatic rings. The van der Waals surface area contributed by atoms with Crippen molar-refractivity contribution in [3.63, 3.8) is 0 Å². The molecule has 0 spiro atoms. The third kappa shape index (κ3) is 2.28. The third-order valence-electron chi connectivity index (χ3n) is 4.73. The molecule has 0 saturated carbocycles. The predicted molar refractivity (Wildman–Crippen MR) is 88.5 cm³/mol. The lowest BCUT2D eigenvalue weighted by Crippen LogP contribution is -2.33. The highest BCUT2D eigenvalue weighted by Gasteiger charge is 2.39. The molecule has 1 aromatic carbocycles. The van der Waals surface area contributed by atoms with E-state index < -0.39 is 0 Å². The Kier molecular flexibility index (Phi) is 3.57. The van der Waals surface area contributed by atoms with Gasteiger partial charge in [-0.25, -0.2) is 0 Å². The van der Waals surface area contributed by atoms with Crippen LogP contribution in [0.3, 0.4) is 0 Å². The normalized spacial score (nSPS) is 20.8. The molecule has 3 heterocycles. The van der Waals surface area contributed by atoms with Crippen molar-refractivity contribution in [2.24, 2.45) is 7.05 Å². The number of rotatable bonds is 3. The Hall–Kier alpha value is -2.67. The number of nitrogens with zero attached hydrogens (tertiary/aromatic N) is 4. The largest absolute Gasteiger partial charge is 0.380 e. The first-order valence-corrected chi connectivity index (χ1v) is 7.93. The van der Waals surface area contributed by atoms with Crippen molar-refractivity contribution in [1.29, 1.82) is 0 Å². The highest BCUT2D eigenvalue weighted by molar-refractivity contribution is 6.06. The highest BCUT2D eigenvalue weighted by Crippen LogP contribution is 2.34. The van der Waals surface area contributed by atoms with Gasteiger partial charge in [-0.3, -0.25) is 4.79 Å². The Bertz CT molecular complexity index is 884. The van der Waals surface area contributed by atoms with E-state index in [-0.39, 0.29) is 18.1 Å². The molecule has 1 aliphatic heterocycles. The van der Waals surface area contributed by atoms with Crippen molar-refractivity contribution >= 4 is 16.8 Å². The fourth-order valence-corrected chi connectivity index (χ4v) is 3.46. The van der Waals surface area contributed by atoms with Crippen LogP contribution in [0.15, 0.2) is 36.8 Å². The van der Waals surface area contributed by atoms with E-state index in [9.17, 15) is 4.79 Å². The molecule has 7 heteroatoms. The topological polar surface area (TPSA) is 76.0 Å². The van der Waals surface area contributed by atoms with Crippen LogP contribution in [-0.2, 0) is 11.8 Å². The lowest BCUT2D eigenvalue weighted by molar-refractivity contribution is 0.0685. The second kappa shape index (κ2) is 5.76. The number of hydrogen-bond donors (Lipinski definition) is 1. The van der Waals surface area contributed by atoms with Crippen LogP contribution in [0.25, 0.3) is 10.9 Å². The van der Waals surface area contributed by atoms with Crippen molar-refractivity contribution in [3.05, 3.63) is 48.2 Å². The molecule has 0 radical (unpaired) electrons. The number of benzene rings is 1. The number of hydrogen-bond acceptors (Lipinski definition) is 4. The van der Waals surface area contributed by atoms with Gasteiger partial charge in [0, 0.05) is 49.8 Å². The smallest absolute Gasteiger partial charge is 0.255 e. The molecular weight excluding hydrogens is 306 g/mol. The predicted octanol–water partition coefficient (Wildman–Crippen LogP) is 1.90. The maximum Gasteiger partial charge on any atom is 0.255 e. The fourth-order valence-electron chi connectivity index (χ4n) is 3.46. The van der Waals surface area contributed by atoms with E-state index >= 15 is 0 Å². The van der Waals surface area contributed by atoms with Gasteiger partial charge in [0.1, 0.15) is 6.33 Å². The van der Waals surface area contributed by atoms with Gasteiger partial charge in [-0.1, -0.05) is 6.07 Å². The lowest BCUT2D eigenvalue weighted by Gasteiger charge is -2.24. The Balaban J connectivity index is 1.74. The number of likely N-dealkylation sites (tertiary alicyclic amines) is 1. The van der Waals surface area contributed by atoms with Gasteiger partial charge in [-0.05, 0) is 18.2 Å². The van der Waals surface area contributed by atoms with Crippen molar-refractivity contribution in [2.45, 2.75) is 18.6 Å². The number of nitrogens with one attached hydrogen (secondary N) is 1. The number of ether oxygens (including phenoxy) is 1. The molecular formula is C17H19N5O2. The lowest BCUT2D eigenvalue weighted by atomic mass is 10.1. The van der Waals surface area contributed by atoms with Crippen LogP contribution >= 0.6 is 0 Å². The molecule has 7 nitrogen and oxygen atoms in total. The number of carbonyl (C=O) groups excluding carboxylic acids is 1. The summed E-state index contributed by atoms with van der Waals surface area (Å²) in [6.07, 6.45) is 4.23. The molecule has 1 fully saturated rings. The number of aromatic amines is 1. The van der Waals surface area contributed by atoms with Crippen LogP contribution in [0.1, 0.15) is 28.6 Å². The molecule has 2 atom stereocenters. The summed E-state index contributed by atoms with van der Waals surface area (Å²) in [5.74, 6) is 0.775. The van der Waals surface area contributed by atoms with Crippen LogP contribution in [0, 0.1) is 0 Å². The molecule has 0 aliphatic carbocycles. The zero-order valence-corrected chi connectivity index (χ0v) is 13.6. The minimum atomic E-state index is -0.135. The van der Waals surface area contributed by atoms with E-state index in [1.54, 1.807) is 13.4 Å². The van der Waals surface area contributed by atoms with Crippen LogP contribution in [-0.4, -0.2) is 50.3 Å². The number of amides is 1. The van der Waals surface area contributed by atoms with Crippen LogP contribution in [0.5, 0.6) is 0 Å². The summed E-state index contributed by atoms with van der Waals surface area (Å²) in [5, 5.41) is 9.09. The molecule has 2 aromatic heterocycles. The van der Waals surface area contributed by atoms with Crippen LogP contribution < -0.4 is 0 Å². The maximum atomic E-state index is 13.2. The third-order valence-corrected chi connectivity index (χ3v) is 4.73. The first-order valence-electron chi connectivity index (χ1n) is 7.93. The van der Waals surface area contributed by atoms with Gasteiger partial charge in [-0.2, -0.15) is 0 Å². The zero-order chi connectivity index (χ0) is 16.7. The van der Waals surface area contributed by atoms with E-state index in [4.69, 9.17) is 4.74 Å². The molecule has 3 aromatic rings. The first-order chi connectivity index (χ1) is 11.7. The molecule has 1 saturated heterocycles. The molecule has 124 valence electrons. The average Bonchev–Trinajstić information content (AvgIpc) is 3.31. The summed E-state index contributed by atoms with van der Waals surface area (Å²) < 4.78 is 7.37. The fraction of sp³-hybridized carbons (Fsp3) is 0.353. The van der Waals surface area contributed by atoms with Gasteiger partial charge in [-0.15, -0.1) is 10.2 Å². The Morgan fingerprint density at radius 2 is 2.25 bits per heavy atom. The number of fused-ring (bicyclic) bond motifs is 1. The standard InChI is InChI=1S/C17H19N5O2/c1-21-10-19-20-16(21)15-8-11(24-2)9-22(15)17(23)13-4-3-5-14-12(13)6-7-18-14/h3-7,10-11,15,18H,8-9H2,1-2H3/t11-,15+/m1/s1. The summed E-state index contributed by atoms with van der Waals surface area (Å²) in [7, 11) is 3.57. The zero-order valence-electron chi connectivity index (χ0n) is 13.6. The van der Waals surface area contributed by atoms with Crippen molar-refractivity contribution in [1.82, 2.24) is 24.6 Å². The molecule has 4 rings (SSSR count). The summed E-state index contributed by atoms with van der Waals surface area (Å²) in [4.78, 5) is 18.2. The van der Waals surface area contributed by atoms with E-state index in [1.165, 1.54) is 0 Å². The number of methoxy groups -OCH3 is 1. The number of aryl methyl sites for hydroxylation is 1. The summed E-state index contributed by atoms with van der Waals surface area (Å²) in [6.45, 7) is 0.549. The monoisotopic (exact) mass is 325 g/mol. The summed E-state index contributed by atoms with van der Waals surface area (Å²) in [6, 6.07) is 7.53. The molecule has 24 heavy (non-hydrogen) atoms. The Morgan fingerprint density at radius 3 is 3.00 bits per heavy atom. The minimum absolute atomic E-state index is 0.000998. The molecule has 0 bridgehead atoms. The van der Waals surface area contributed by atoms with Gasteiger partial charge < -0.3 is 19.2 Å². The van der Waals surface area contributed by atoms with Crippen molar-refractivity contribution < 1.29 is 9.53 Å². The van der Waals surface area contributed by atoms with E-state index in [1.807, 2.05) is 47.0 Å². The summed E-state index contributed by atoms with van der Waals surface area (Å²) in [5.41, 5.74) is 1.65. The van der Waals surface area contributed by atoms with Gasteiger partial charge >= 0.3 is 0 Å². The van der Waals surface area contributed by atoms with Gasteiger partial charge in [0.15, 0.2) is 5.82 Å². The minimum Gasteiger partial charge on any atom is -0.380 e. The Labute approximate surface area is 139 Å². The molecule has 1 amide bonds. The van der Waals surface area contributed by atoms with Crippen LogP contribution in [0.2, 0.25) is 0 Å². The van der Waals surface area contributed by atoms with Gasteiger partial charge in [0.05, 0.1) is 12.1 Å². The van der Waals surface area contributed by atoms with E-state index in [2.05, 4.69) is 15.2 Å². The van der Waals surface area contributed by atoms with Crippen molar-refractivity contribution in [2.75, 3.05) is 13.7 Å². The number of carbonyl (C=O) groups is 1. The first kappa shape index (κ1) is 14.9. The van der Waals surface area contributed by atoms with E-state index in [0.717, 1.165) is 23.1 Å². The van der Waals surface area contributed by atoms with Gasteiger partial charge in [0.2, 0.25) is 0 Å². The van der Waals surface area contributed by atoms with E-state index in [0.29, 0.717) is 12.1 Å². The van der Waals surface area contributed by atoms with Crippen LogP contribution in [0.4, 0.5) is 0 Å². The molecule has 0 unspecified atom stereocenters. The quantitative estimate of drug-likeness (QED) is 0.798. The van der Waals surface area contributed by atoms with Crippen molar-refractivity contribution in [3.8, 4) is 0 Å². The second-order valence-electron chi connectivity index (χ2n) is 6.11. The van der Waals surface area contributed by atoms with Gasteiger partial charge in [0.25, 0.3) is 5.91 Å². The average molecular weight is 325 g/mol. The molecule has 1 N–H and O–H groups in total. The highest BCUT2D eigenvalue weighted by atomic mass is 16.5. The second-order valence-corrected chi connectivity index (χ2v) is 6.11. The number of aromatic nitrogens is 4. The Morgan fingerprint density at radius 1 is 1.38 bits per heavy atom. The maximum absolute atomic E-state index is 13.2. The SMILES string of the molecule is CO[C@@H]1C[C@@H](c2nncn2C)N(C(=O)c2cccc3[nH]ccc23)C1.